The van der Waals surface area contributed by atoms with Crippen molar-refractivity contribution < 1.29 is 14.6 Å². The number of methoxy groups -OCH3 is 1. The third-order valence-electron chi connectivity index (χ3n) is 3.55. The number of carbonyl (C=O) groups is 1. The van der Waals surface area contributed by atoms with Crippen LogP contribution >= 0.6 is 0 Å². The van der Waals surface area contributed by atoms with E-state index in [0.29, 0.717) is 18.8 Å². The first-order valence-electron chi connectivity index (χ1n) is 6.38. The summed E-state index contributed by atoms with van der Waals surface area (Å²) in [4.78, 5) is 12.3. The van der Waals surface area contributed by atoms with Gasteiger partial charge < -0.3 is 19.7 Å². The van der Waals surface area contributed by atoms with Crippen molar-refractivity contribution in [3.8, 4) is 0 Å². The molecule has 1 rings (SSSR count). The summed E-state index contributed by atoms with van der Waals surface area (Å²) in [5.74, 6) is -0.201. The SMILES string of the molecule is COCCn1cccc1C(=O)NC(C)(C)C(C)(C)O. The maximum Gasteiger partial charge on any atom is 0.268 e. The van der Waals surface area contributed by atoms with E-state index in [-0.39, 0.29) is 5.91 Å². The monoisotopic (exact) mass is 268 g/mol. The van der Waals surface area contributed by atoms with Crippen LogP contribution in [0.5, 0.6) is 0 Å². The molecule has 0 unspecified atom stereocenters. The van der Waals surface area contributed by atoms with Gasteiger partial charge in [0.25, 0.3) is 5.91 Å². The molecule has 0 saturated heterocycles. The lowest BCUT2D eigenvalue weighted by Crippen LogP contribution is -2.57. The van der Waals surface area contributed by atoms with Gasteiger partial charge in [-0.15, -0.1) is 0 Å². The van der Waals surface area contributed by atoms with Gasteiger partial charge in [0.05, 0.1) is 17.7 Å². The Hall–Kier alpha value is -1.33. The minimum Gasteiger partial charge on any atom is -0.388 e. The van der Waals surface area contributed by atoms with Gasteiger partial charge in [-0.2, -0.15) is 0 Å². The second-order valence-electron chi connectivity index (χ2n) is 5.72. The number of ether oxygens (including phenoxy) is 1. The third-order valence-corrected chi connectivity index (χ3v) is 3.55. The summed E-state index contributed by atoms with van der Waals surface area (Å²) in [5.41, 5.74) is -1.16. The van der Waals surface area contributed by atoms with E-state index in [9.17, 15) is 9.90 Å². The average molecular weight is 268 g/mol. The predicted molar refractivity (Wildman–Crippen MR) is 74.2 cm³/mol. The van der Waals surface area contributed by atoms with Gasteiger partial charge in [-0.05, 0) is 39.8 Å². The van der Waals surface area contributed by atoms with Gasteiger partial charge >= 0.3 is 0 Å². The van der Waals surface area contributed by atoms with Crippen molar-refractivity contribution in [2.75, 3.05) is 13.7 Å². The largest absolute Gasteiger partial charge is 0.388 e. The number of hydrogen-bond acceptors (Lipinski definition) is 3. The van der Waals surface area contributed by atoms with Crippen molar-refractivity contribution in [1.82, 2.24) is 9.88 Å². The van der Waals surface area contributed by atoms with Crippen LogP contribution < -0.4 is 5.32 Å². The van der Waals surface area contributed by atoms with Gasteiger partial charge in [0.2, 0.25) is 0 Å². The molecule has 0 saturated carbocycles. The number of nitrogens with one attached hydrogen (secondary N) is 1. The highest BCUT2D eigenvalue weighted by Gasteiger charge is 2.36. The minimum absolute atomic E-state index is 0.201. The molecular weight excluding hydrogens is 244 g/mol. The van der Waals surface area contributed by atoms with Crippen molar-refractivity contribution in [2.24, 2.45) is 0 Å². The molecule has 0 fully saturated rings. The van der Waals surface area contributed by atoms with E-state index in [1.165, 1.54) is 0 Å². The summed E-state index contributed by atoms with van der Waals surface area (Å²) in [7, 11) is 1.63. The van der Waals surface area contributed by atoms with E-state index < -0.39 is 11.1 Å². The highest BCUT2D eigenvalue weighted by atomic mass is 16.5. The van der Waals surface area contributed by atoms with Gasteiger partial charge in [-0.1, -0.05) is 0 Å². The molecule has 0 aliphatic rings. The number of hydrogen-bond donors (Lipinski definition) is 2. The summed E-state index contributed by atoms with van der Waals surface area (Å²) in [6, 6.07) is 3.58. The Labute approximate surface area is 114 Å². The van der Waals surface area contributed by atoms with Crippen LogP contribution in [0.15, 0.2) is 18.3 Å². The molecule has 5 heteroatoms. The molecule has 5 nitrogen and oxygen atoms in total. The lowest BCUT2D eigenvalue weighted by molar-refractivity contribution is -0.00312. The van der Waals surface area contributed by atoms with Crippen LogP contribution in [-0.2, 0) is 11.3 Å². The Kier molecular flexibility index (Phi) is 4.76. The Morgan fingerprint density at radius 2 is 2.05 bits per heavy atom. The molecular formula is C14H24N2O3. The lowest BCUT2D eigenvalue weighted by Gasteiger charge is -2.38. The first-order chi connectivity index (χ1) is 8.69. The minimum atomic E-state index is -1.01. The molecule has 0 atom stereocenters. The Morgan fingerprint density at radius 1 is 1.42 bits per heavy atom. The van der Waals surface area contributed by atoms with Crippen LogP contribution in [0.2, 0.25) is 0 Å². The first kappa shape index (κ1) is 15.7. The fourth-order valence-electron chi connectivity index (χ4n) is 1.51. The number of nitrogens with zero attached hydrogens (tertiary/aromatic N) is 1. The van der Waals surface area contributed by atoms with Crippen molar-refractivity contribution in [2.45, 2.75) is 45.4 Å². The van der Waals surface area contributed by atoms with Gasteiger partial charge in [-0.3, -0.25) is 4.79 Å². The first-order valence-corrected chi connectivity index (χ1v) is 6.38. The zero-order valence-electron chi connectivity index (χ0n) is 12.4. The van der Waals surface area contributed by atoms with Crippen molar-refractivity contribution in [3.05, 3.63) is 24.0 Å². The smallest absolute Gasteiger partial charge is 0.268 e. The van der Waals surface area contributed by atoms with Gasteiger partial charge in [0.1, 0.15) is 5.69 Å². The molecule has 1 aromatic rings. The van der Waals surface area contributed by atoms with Crippen LogP contribution in [0.4, 0.5) is 0 Å². The normalized spacial score (nSPS) is 12.5. The van der Waals surface area contributed by atoms with Crippen LogP contribution in [0.1, 0.15) is 38.2 Å². The molecule has 1 heterocycles. The summed E-state index contributed by atoms with van der Waals surface area (Å²) in [6.07, 6.45) is 1.84. The van der Waals surface area contributed by atoms with Crippen molar-refractivity contribution >= 4 is 5.91 Å². The Morgan fingerprint density at radius 3 is 2.58 bits per heavy atom. The quantitative estimate of drug-likeness (QED) is 0.820. The van der Waals surface area contributed by atoms with Crippen molar-refractivity contribution in [3.63, 3.8) is 0 Å². The molecule has 0 spiro atoms. The van der Waals surface area contributed by atoms with E-state index in [1.807, 2.05) is 16.8 Å². The van der Waals surface area contributed by atoms with Crippen LogP contribution in [0, 0.1) is 0 Å². The van der Waals surface area contributed by atoms with E-state index in [2.05, 4.69) is 5.32 Å². The van der Waals surface area contributed by atoms with Crippen LogP contribution in [0.3, 0.4) is 0 Å². The fourth-order valence-corrected chi connectivity index (χ4v) is 1.51. The van der Waals surface area contributed by atoms with Crippen molar-refractivity contribution in [1.29, 1.82) is 0 Å². The number of carbonyl (C=O) groups excluding carboxylic acids is 1. The fraction of sp³-hybridized carbons (Fsp3) is 0.643. The molecule has 2 N–H and O–H groups in total. The number of rotatable bonds is 6. The molecule has 19 heavy (non-hydrogen) atoms. The van der Waals surface area contributed by atoms with E-state index in [0.717, 1.165) is 0 Å². The summed E-state index contributed by atoms with van der Waals surface area (Å²) >= 11 is 0. The Balaban J connectivity index is 2.82. The highest BCUT2D eigenvalue weighted by Crippen LogP contribution is 2.21. The van der Waals surface area contributed by atoms with Gasteiger partial charge in [-0.25, -0.2) is 0 Å². The molecule has 0 aliphatic carbocycles. The van der Waals surface area contributed by atoms with Crippen LogP contribution in [-0.4, -0.2) is 40.4 Å². The number of aliphatic hydroxyl groups is 1. The highest BCUT2D eigenvalue weighted by molar-refractivity contribution is 5.93. The third kappa shape index (κ3) is 3.81. The second-order valence-corrected chi connectivity index (χ2v) is 5.72. The lowest BCUT2D eigenvalue weighted by atomic mass is 9.86. The summed E-state index contributed by atoms with van der Waals surface area (Å²) < 4.78 is 6.85. The maximum absolute atomic E-state index is 12.3. The molecule has 0 bridgehead atoms. The van der Waals surface area contributed by atoms with E-state index >= 15 is 0 Å². The molecule has 0 aromatic carbocycles. The topological polar surface area (TPSA) is 63.5 Å². The Bertz CT molecular complexity index is 430. The summed E-state index contributed by atoms with van der Waals surface area (Å²) in [6.45, 7) is 8.12. The molecule has 0 radical (unpaired) electrons. The zero-order valence-corrected chi connectivity index (χ0v) is 12.4. The van der Waals surface area contributed by atoms with Crippen LogP contribution in [0.25, 0.3) is 0 Å². The predicted octanol–water partition coefficient (Wildman–Crippen LogP) is 1.41. The van der Waals surface area contributed by atoms with E-state index in [1.54, 1.807) is 40.9 Å². The summed E-state index contributed by atoms with van der Waals surface area (Å²) in [5, 5.41) is 12.9. The standard InChI is InChI=1S/C14H24N2O3/c1-13(2,14(3,4)18)15-12(17)11-7-6-8-16(11)9-10-19-5/h6-8,18H,9-10H2,1-5H3,(H,15,17). The molecule has 1 aromatic heterocycles. The van der Waals surface area contributed by atoms with Gasteiger partial charge in [0, 0.05) is 19.9 Å². The zero-order chi connectivity index (χ0) is 14.7. The van der Waals surface area contributed by atoms with E-state index in [4.69, 9.17) is 4.74 Å². The molecule has 1 amide bonds. The van der Waals surface area contributed by atoms with Gasteiger partial charge in [0.15, 0.2) is 0 Å². The average Bonchev–Trinajstić information content (AvgIpc) is 2.72. The molecule has 108 valence electrons. The maximum atomic E-state index is 12.3. The molecule has 0 aliphatic heterocycles. The number of aromatic nitrogens is 1. The number of amides is 1. The second kappa shape index (κ2) is 5.75.